The maximum Gasteiger partial charge on any atom is 0.317 e. The lowest BCUT2D eigenvalue weighted by Gasteiger charge is -2.36. The lowest BCUT2D eigenvalue weighted by Crippen LogP contribution is -2.51. The zero-order valence-electron chi connectivity index (χ0n) is 13.8. The number of carboxylic acid groups (broad SMARTS) is 1. The van der Waals surface area contributed by atoms with Crippen molar-refractivity contribution in [2.24, 2.45) is 11.8 Å². The quantitative estimate of drug-likeness (QED) is 0.791. The molecule has 21 heavy (non-hydrogen) atoms. The number of hydrogen-bond donors (Lipinski definition) is 2. The van der Waals surface area contributed by atoms with Crippen LogP contribution in [0.1, 0.15) is 59.8 Å². The normalized spacial score (nSPS) is 25.7. The molecule has 1 saturated carbocycles. The maximum absolute atomic E-state index is 12.4. The molecule has 0 spiro atoms. The molecule has 1 aliphatic rings. The average molecular weight is 298 g/mol. The van der Waals surface area contributed by atoms with Crippen LogP contribution >= 0.6 is 0 Å². The highest BCUT2D eigenvalue weighted by atomic mass is 16.4. The molecule has 0 radical (unpaired) electrons. The van der Waals surface area contributed by atoms with Crippen molar-refractivity contribution < 1.29 is 14.7 Å². The van der Waals surface area contributed by atoms with Gasteiger partial charge in [0.15, 0.2) is 0 Å². The largest absolute Gasteiger partial charge is 0.481 e. The second-order valence-corrected chi connectivity index (χ2v) is 6.74. The second-order valence-electron chi connectivity index (χ2n) is 6.74. The lowest BCUT2D eigenvalue weighted by molar-refractivity contribution is -0.137. The lowest BCUT2D eigenvalue weighted by atomic mass is 9.80. The molecular formula is C16H30N2O3. The number of hydrogen-bond acceptors (Lipinski definition) is 2. The fourth-order valence-electron chi connectivity index (χ4n) is 3.12. The third-order valence-electron chi connectivity index (χ3n) is 4.41. The number of carbonyl (C=O) groups is 2. The van der Waals surface area contributed by atoms with E-state index in [4.69, 9.17) is 5.11 Å². The van der Waals surface area contributed by atoms with Gasteiger partial charge in [-0.15, -0.1) is 0 Å². The monoisotopic (exact) mass is 298 g/mol. The van der Waals surface area contributed by atoms with Gasteiger partial charge in [-0.05, 0) is 51.4 Å². The summed E-state index contributed by atoms with van der Waals surface area (Å²) in [6.07, 6.45) is 3.96. The van der Waals surface area contributed by atoms with Crippen molar-refractivity contribution >= 4 is 12.0 Å². The zero-order valence-corrected chi connectivity index (χ0v) is 13.8. The fourth-order valence-corrected chi connectivity index (χ4v) is 3.12. The summed E-state index contributed by atoms with van der Waals surface area (Å²) in [5.41, 5.74) is 0. The van der Waals surface area contributed by atoms with Crippen LogP contribution in [-0.2, 0) is 4.79 Å². The van der Waals surface area contributed by atoms with Crippen LogP contribution in [0.3, 0.4) is 0 Å². The van der Waals surface area contributed by atoms with Gasteiger partial charge in [0.05, 0.1) is 0 Å². The summed E-state index contributed by atoms with van der Waals surface area (Å²) < 4.78 is 0. The van der Waals surface area contributed by atoms with Gasteiger partial charge in [-0.25, -0.2) is 4.79 Å². The first-order chi connectivity index (χ1) is 9.81. The Kier molecular flexibility index (Phi) is 6.99. The molecule has 3 unspecified atom stereocenters. The van der Waals surface area contributed by atoms with Gasteiger partial charge in [0.25, 0.3) is 0 Å². The van der Waals surface area contributed by atoms with Crippen LogP contribution in [0, 0.1) is 11.8 Å². The van der Waals surface area contributed by atoms with Gasteiger partial charge in [0.1, 0.15) is 0 Å². The molecule has 0 aliphatic heterocycles. The predicted octanol–water partition coefficient (Wildman–Crippen LogP) is 3.10. The molecule has 2 amide bonds. The number of carboxylic acids is 1. The first-order valence-electron chi connectivity index (χ1n) is 8.10. The minimum Gasteiger partial charge on any atom is -0.481 e. The summed E-state index contributed by atoms with van der Waals surface area (Å²) in [6, 6.07) is 0.271. The molecule has 0 saturated heterocycles. The highest BCUT2D eigenvalue weighted by Gasteiger charge is 2.28. The summed E-state index contributed by atoms with van der Waals surface area (Å²) in [5.74, 6) is 0.435. The first-order valence-corrected chi connectivity index (χ1v) is 8.10. The van der Waals surface area contributed by atoms with E-state index in [1.807, 2.05) is 13.8 Å². The molecule has 0 aromatic rings. The van der Waals surface area contributed by atoms with E-state index in [9.17, 15) is 9.59 Å². The summed E-state index contributed by atoms with van der Waals surface area (Å²) in [6.45, 7) is 8.89. The highest BCUT2D eigenvalue weighted by Crippen LogP contribution is 2.28. The molecule has 1 aliphatic carbocycles. The van der Waals surface area contributed by atoms with Crippen LogP contribution in [0.15, 0.2) is 0 Å². The molecule has 0 aromatic carbocycles. The SMILES string of the molecule is CC1CCC(NC(=O)N(CCCC(=O)O)C(C)C)C(C)C1. The summed E-state index contributed by atoms with van der Waals surface area (Å²) in [5, 5.41) is 11.9. The molecule has 1 rings (SSSR count). The van der Waals surface area contributed by atoms with Crippen molar-refractivity contribution in [2.45, 2.75) is 71.9 Å². The number of amides is 2. The van der Waals surface area contributed by atoms with Gasteiger partial charge >= 0.3 is 12.0 Å². The molecule has 0 aromatic heterocycles. The highest BCUT2D eigenvalue weighted by molar-refractivity contribution is 5.75. The zero-order chi connectivity index (χ0) is 16.0. The van der Waals surface area contributed by atoms with Crippen LogP contribution in [0.4, 0.5) is 4.79 Å². The Morgan fingerprint density at radius 2 is 1.95 bits per heavy atom. The van der Waals surface area contributed by atoms with Crippen molar-refractivity contribution in [1.29, 1.82) is 0 Å². The van der Waals surface area contributed by atoms with Crippen LogP contribution in [0.5, 0.6) is 0 Å². The minimum absolute atomic E-state index is 0.0539. The fraction of sp³-hybridized carbons (Fsp3) is 0.875. The molecule has 3 atom stereocenters. The van der Waals surface area contributed by atoms with Crippen LogP contribution < -0.4 is 5.32 Å². The van der Waals surface area contributed by atoms with Crippen LogP contribution in [0.2, 0.25) is 0 Å². The van der Waals surface area contributed by atoms with E-state index >= 15 is 0 Å². The number of aliphatic carboxylic acids is 1. The van der Waals surface area contributed by atoms with Crippen molar-refractivity contribution in [2.75, 3.05) is 6.54 Å². The number of rotatable bonds is 6. The number of urea groups is 1. The van der Waals surface area contributed by atoms with Gasteiger partial charge in [-0.3, -0.25) is 4.79 Å². The van der Waals surface area contributed by atoms with Crippen molar-refractivity contribution in [3.05, 3.63) is 0 Å². The topological polar surface area (TPSA) is 69.6 Å². The number of carbonyl (C=O) groups excluding carboxylic acids is 1. The van der Waals surface area contributed by atoms with Gasteiger partial charge < -0.3 is 15.3 Å². The Hall–Kier alpha value is -1.26. The smallest absolute Gasteiger partial charge is 0.317 e. The van der Waals surface area contributed by atoms with E-state index in [1.54, 1.807) is 4.90 Å². The van der Waals surface area contributed by atoms with Gasteiger partial charge in [-0.1, -0.05) is 13.8 Å². The molecule has 2 N–H and O–H groups in total. The van der Waals surface area contributed by atoms with Gasteiger partial charge in [0, 0.05) is 25.0 Å². The van der Waals surface area contributed by atoms with E-state index in [0.29, 0.717) is 18.9 Å². The molecule has 1 fully saturated rings. The van der Waals surface area contributed by atoms with Crippen LogP contribution in [-0.4, -0.2) is 40.6 Å². The summed E-state index contributed by atoms with van der Waals surface area (Å²) in [7, 11) is 0. The van der Waals surface area contributed by atoms with Crippen molar-refractivity contribution in [3.63, 3.8) is 0 Å². The Morgan fingerprint density at radius 1 is 1.29 bits per heavy atom. The third-order valence-corrected chi connectivity index (χ3v) is 4.41. The molecule has 5 heteroatoms. The van der Waals surface area contributed by atoms with E-state index in [1.165, 1.54) is 0 Å². The van der Waals surface area contributed by atoms with Crippen LogP contribution in [0.25, 0.3) is 0 Å². The molecule has 5 nitrogen and oxygen atoms in total. The third kappa shape index (κ3) is 5.94. The van der Waals surface area contributed by atoms with E-state index in [2.05, 4.69) is 19.2 Å². The summed E-state index contributed by atoms with van der Waals surface area (Å²) in [4.78, 5) is 24.8. The number of nitrogens with one attached hydrogen (secondary N) is 1. The second kappa shape index (κ2) is 8.25. The van der Waals surface area contributed by atoms with E-state index in [-0.39, 0.29) is 24.5 Å². The van der Waals surface area contributed by atoms with Crippen molar-refractivity contribution in [3.8, 4) is 0 Å². The number of nitrogens with zero attached hydrogens (tertiary/aromatic N) is 1. The predicted molar refractivity (Wildman–Crippen MR) is 83.2 cm³/mol. The Labute approximate surface area is 128 Å². The molecular weight excluding hydrogens is 268 g/mol. The molecule has 0 heterocycles. The maximum atomic E-state index is 12.4. The Morgan fingerprint density at radius 3 is 2.48 bits per heavy atom. The van der Waals surface area contributed by atoms with Gasteiger partial charge in [-0.2, -0.15) is 0 Å². The Bertz CT molecular complexity index is 357. The van der Waals surface area contributed by atoms with E-state index < -0.39 is 5.97 Å². The first kappa shape index (κ1) is 17.8. The molecule has 0 bridgehead atoms. The molecule has 122 valence electrons. The minimum atomic E-state index is -0.811. The standard InChI is InChI=1S/C16H30N2O3/c1-11(2)18(9-5-6-15(19)20)16(21)17-14-8-7-12(3)10-13(14)4/h11-14H,5-10H2,1-4H3,(H,17,21)(H,19,20). The van der Waals surface area contributed by atoms with Gasteiger partial charge in [0.2, 0.25) is 0 Å². The van der Waals surface area contributed by atoms with E-state index in [0.717, 1.165) is 25.2 Å². The summed E-state index contributed by atoms with van der Waals surface area (Å²) >= 11 is 0. The van der Waals surface area contributed by atoms with Crippen molar-refractivity contribution in [1.82, 2.24) is 10.2 Å². The Balaban J connectivity index is 2.50. The average Bonchev–Trinajstić information content (AvgIpc) is 2.37.